The first-order chi connectivity index (χ1) is 18.8. The Balaban J connectivity index is 1.50. The van der Waals surface area contributed by atoms with Crippen LogP contribution in [0.1, 0.15) is 59.4 Å². The maximum Gasteiger partial charge on any atom is 0.410 e. The number of carbonyl (C=O) groups is 1. The Bertz CT molecular complexity index is 1360. The summed E-state index contributed by atoms with van der Waals surface area (Å²) in [4.78, 5) is 27.8. The van der Waals surface area contributed by atoms with Crippen molar-refractivity contribution in [1.29, 1.82) is 5.26 Å². The molecule has 0 saturated carbocycles. The molecule has 12 heteroatoms. The molecule has 3 fully saturated rings. The van der Waals surface area contributed by atoms with Crippen LogP contribution in [0.3, 0.4) is 0 Å². The van der Waals surface area contributed by atoms with Crippen molar-refractivity contribution >= 4 is 38.7 Å². The number of piperazine rings is 1. The largest absolute Gasteiger partial charge is 0.461 e. The van der Waals surface area contributed by atoms with Gasteiger partial charge in [-0.1, -0.05) is 0 Å². The average molecular weight is 622 g/mol. The van der Waals surface area contributed by atoms with Crippen molar-refractivity contribution in [2.45, 2.75) is 83.3 Å². The van der Waals surface area contributed by atoms with Crippen molar-refractivity contribution in [3.8, 4) is 12.1 Å². The molecule has 0 aliphatic carbocycles. The predicted octanol–water partition coefficient (Wildman–Crippen LogP) is 5.19. The second-order valence-corrected chi connectivity index (χ2v) is 13.0. The second-order valence-electron chi connectivity index (χ2n) is 12.2. The Kier molecular flexibility index (Phi) is 7.59. The van der Waals surface area contributed by atoms with Crippen molar-refractivity contribution in [1.82, 2.24) is 19.8 Å². The molecule has 1 aromatic carbocycles. The van der Waals surface area contributed by atoms with E-state index < -0.39 is 29.2 Å². The minimum Gasteiger partial charge on any atom is -0.461 e. The van der Waals surface area contributed by atoms with Crippen molar-refractivity contribution in [2.24, 2.45) is 0 Å². The third kappa shape index (κ3) is 5.30. The van der Waals surface area contributed by atoms with Gasteiger partial charge in [-0.05, 0) is 76.0 Å². The van der Waals surface area contributed by atoms with E-state index in [1.165, 1.54) is 0 Å². The van der Waals surface area contributed by atoms with Gasteiger partial charge < -0.3 is 19.3 Å². The van der Waals surface area contributed by atoms with E-state index in [1.807, 2.05) is 45.6 Å². The summed E-state index contributed by atoms with van der Waals surface area (Å²) in [6, 6.07) is 3.15. The third-order valence-corrected chi connectivity index (χ3v) is 8.84. The van der Waals surface area contributed by atoms with Gasteiger partial charge in [0.05, 0.1) is 15.6 Å². The van der Waals surface area contributed by atoms with Gasteiger partial charge in [0.25, 0.3) is 0 Å². The van der Waals surface area contributed by atoms with Crippen LogP contribution in [0.4, 0.5) is 19.4 Å². The van der Waals surface area contributed by atoms with E-state index in [4.69, 9.17) is 14.5 Å². The molecule has 9 nitrogen and oxygen atoms in total. The van der Waals surface area contributed by atoms with Gasteiger partial charge in [-0.2, -0.15) is 15.2 Å². The molecule has 216 valence electrons. The molecule has 1 aromatic heterocycles. The number of nitrogens with zero attached hydrogens (tertiary/aromatic N) is 6. The van der Waals surface area contributed by atoms with Gasteiger partial charge in [0, 0.05) is 43.5 Å². The Morgan fingerprint density at radius 1 is 1.25 bits per heavy atom. The molecule has 0 bridgehead atoms. The van der Waals surface area contributed by atoms with E-state index in [9.17, 15) is 14.4 Å². The minimum absolute atomic E-state index is 0.00374. The fraction of sp³-hybridized carbons (Fsp3) is 0.643. The summed E-state index contributed by atoms with van der Waals surface area (Å²) >= 11 is 3.19. The molecule has 3 saturated heterocycles. The number of amides is 1. The second kappa shape index (κ2) is 10.6. The number of fused-ring (bicyclic) bond motifs is 2. The molecule has 3 aliphatic heterocycles. The van der Waals surface area contributed by atoms with Crippen LogP contribution in [-0.4, -0.2) is 88.0 Å². The number of rotatable bonds is 4. The molecule has 0 radical (unpaired) electrons. The van der Waals surface area contributed by atoms with E-state index in [-0.39, 0.29) is 40.3 Å². The number of hydrogen-bond acceptors (Lipinski definition) is 8. The zero-order valence-electron chi connectivity index (χ0n) is 23.5. The predicted molar refractivity (Wildman–Crippen MR) is 150 cm³/mol. The number of alkyl halides is 1. The fourth-order valence-corrected chi connectivity index (χ4v) is 6.57. The molecule has 4 heterocycles. The lowest BCUT2D eigenvalue weighted by Gasteiger charge is -2.45. The first-order valence-electron chi connectivity index (χ1n) is 13.7. The standard InChI is InChI=1S/C28H35BrF2N6O3/c1-16-13-37(26(38)40-27(3,4)5)17(2)12-36(16)24-20-9-18(11-32)21(29)22(31)23(20)33-25(34-24)39-15-28-7-6-8-35(28)14-19(30)10-28/h9,16-17,19H,6-8,10,12-15H2,1-5H3/t16-,17+,19+,28-/m0/s1. The first kappa shape index (κ1) is 28.7. The Hall–Kier alpha value is -2.78. The number of benzene rings is 1. The topological polar surface area (TPSA) is 94.8 Å². The van der Waals surface area contributed by atoms with Gasteiger partial charge >= 0.3 is 12.1 Å². The van der Waals surface area contributed by atoms with Crippen molar-refractivity contribution < 1.29 is 23.0 Å². The Morgan fingerprint density at radius 2 is 2.00 bits per heavy atom. The summed E-state index contributed by atoms with van der Waals surface area (Å²) in [5, 5.41) is 10.0. The molecule has 3 aliphatic rings. The summed E-state index contributed by atoms with van der Waals surface area (Å²) in [6.07, 6.45) is 0.877. The summed E-state index contributed by atoms with van der Waals surface area (Å²) in [7, 11) is 0. The highest BCUT2D eigenvalue weighted by atomic mass is 79.9. The average Bonchev–Trinajstić information content (AvgIpc) is 3.40. The highest BCUT2D eigenvalue weighted by Gasteiger charge is 2.49. The molecule has 0 spiro atoms. The van der Waals surface area contributed by atoms with Crippen molar-refractivity contribution in [3.05, 3.63) is 21.9 Å². The van der Waals surface area contributed by atoms with Crippen LogP contribution in [0.25, 0.3) is 10.9 Å². The fourth-order valence-electron chi connectivity index (χ4n) is 6.18. The maximum atomic E-state index is 15.6. The van der Waals surface area contributed by atoms with E-state index in [0.717, 1.165) is 19.4 Å². The number of anilines is 1. The van der Waals surface area contributed by atoms with Crippen molar-refractivity contribution in [3.63, 3.8) is 0 Å². The normalized spacial score (nSPS) is 27.1. The van der Waals surface area contributed by atoms with Gasteiger partial charge in [0.1, 0.15) is 35.8 Å². The van der Waals surface area contributed by atoms with Gasteiger partial charge in [0.15, 0.2) is 5.82 Å². The van der Waals surface area contributed by atoms with E-state index >= 15 is 4.39 Å². The number of ether oxygens (including phenoxy) is 2. The minimum atomic E-state index is -0.904. The van der Waals surface area contributed by atoms with Crippen LogP contribution in [0.2, 0.25) is 0 Å². The molecule has 5 rings (SSSR count). The number of carbonyl (C=O) groups excluding carboxylic acids is 1. The number of hydrogen-bond donors (Lipinski definition) is 0. The Morgan fingerprint density at radius 3 is 2.70 bits per heavy atom. The molecule has 40 heavy (non-hydrogen) atoms. The summed E-state index contributed by atoms with van der Waals surface area (Å²) in [5.41, 5.74) is -0.892. The number of aromatic nitrogens is 2. The molecular formula is C28H35BrF2N6O3. The van der Waals surface area contributed by atoms with Crippen LogP contribution in [0, 0.1) is 17.1 Å². The molecule has 1 amide bonds. The lowest BCUT2D eigenvalue weighted by atomic mass is 9.95. The summed E-state index contributed by atoms with van der Waals surface area (Å²) in [5.74, 6) is -0.261. The lowest BCUT2D eigenvalue weighted by molar-refractivity contribution is 0.0130. The van der Waals surface area contributed by atoms with Gasteiger partial charge in [-0.25, -0.2) is 13.6 Å². The lowest BCUT2D eigenvalue weighted by Crippen LogP contribution is -2.59. The zero-order valence-corrected chi connectivity index (χ0v) is 25.1. The van der Waals surface area contributed by atoms with Crippen LogP contribution in [0.5, 0.6) is 6.01 Å². The first-order valence-corrected chi connectivity index (χ1v) is 14.5. The highest BCUT2D eigenvalue weighted by Crippen LogP contribution is 2.41. The molecule has 0 N–H and O–H groups in total. The van der Waals surface area contributed by atoms with Crippen LogP contribution >= 0.6 is 15.9 Å². The number of nitriles is 1. The molecular weight excluding hydrogens is 586 g/mol. The van der Waals surface area contributed by atoms with Gasteiger partial charge in [0.2, 0.25) is 0 Å². The van der Waals surface area contributed by atoms with Gasteiger partial charge in [-0.15, -0.1) is 0 Å². The third-order valence-electron chi connectivity index (χ3n) is 8.07. The summed E-state index contributed by atoms with van der Waals surface area (Å²) < 4.78 is 41.6. The number of halogens is 3. The SMILES string of the molecule is C[C@@H]1CN(c2nc(OC[C@@]34CCCN3C[C@H](F)C4)nc3c(F)c(Br)c(C#N)cc23)[C@@H](C)CN1C(=O)OC(C)(C)C. The van der Waals surface area contributed by atoms with Gasteiger partial charge in [-0.3, -0.25) is 4.90 Å². The van der Waals surface area contributed by atoms with E-state index in [0.29, 0.717) is 37.3 Å². The van der Waals surface area contributed by atoms with E-state index in [1.54, 1.807) is 11.0 Å². The highest BCUT2D eigenvalue weighted by molar-refractivity contribution is 9.10. The smallest absolute Gasteiger partial charge is 0.410 e. The molecule has 2 aromatic rings. The maximum absolute atomic E-state index is 15.6. The Labute approximate surface area is 241 Å². The van der Waals surface area contributed by atoms with Crippen LogP contribution in [0.15, 0.2) is 10.5 Å². The summed E-state index contributed by atoms with van der Waals surface area (Å²) in [6.45, 7) is 11.5. The van der Waals surface area contributed by atoms with E-state index in [2.05, 4.69) is 25.8 Å². The monoisotopic (exact) mass is 620 g/mol. The zero-order chi connectivity index (χ0) is 29.0. The quantitative estimate of drug-likeness (QED) is 0.461. The van der Waals surface area contributed by atoms with Crippen LogP contribution < -0.4 is 9.64 Å². The molecule has 4 atom stereocenters. The molecule has 0 unspecified atom stereocenters. The van der Waals surface area contributed by atoms with Crippen molar-refractivity contribution in [2.75, 3.05) is 37.7 Å². The van der Waals surface area contributed by atoms with Crippen LogP contribution in [-0.2, 0) is 4.74 Å².